The Kier molecular flexibility index (Phi) is 3.36. The van der Waals surface area contributed by atoms with Crippen LogP contribution in [0.2, 0.25) is 0 Å². The van der Waals surface area contributed by atoms with Crippen LogP contribution in [0.25, 0.3) is 0 Å². The minimum absolute atomic E-state index is 0.176. The zero-order valence-electron chi connectivity index (χ0n) is 8.85. The highest BCUT2D eigenvalue weighted by atomic mass is 16.6. The van der Waals surface area contributed by atoms with E-state index < -0.39 is 6.10 Å². The maximum atomic E-state index is 9.49. The van der Waals surface area contributed by atoms with Crippen LogP contribution in [0.4, 0.5) is 0 Å². The van der Waals surface area contributed by atoms with Crippen molar-refractivity contribution in [3.8, 4) is 0 Å². The lowest BCUT2D eigenvalue weighted by Gasteiger charge is -2.14. The molecule has 1 N–H and O–H groups in total. The van der Waals surface area contributed by atoms with Gasteiger partial charge in [0, 0.05) is 0 Å². The van der Waals surface area contributed by atoms with Crippen molar-refractivity contribution in [3.63, 3.8) is 0 Å². The Morgan fingerprint density at radius 1 is 1.40 bits per heavy atom. The second kappa shape index (κ2) is 4.75. The Labute approximate surface area is 89.6 Å². The Morgan fingerprint density at radius 2 is 2.20 bits per heavy atom. The first kappa shape index (κ1) is 10.6. The van der Waals surface area contributed by atoms with Crippen LogP contribution in [0.15, 0.2) is 24.3 Å². The normalized spacial score (nSPS) is 25.7. The number of hydrogen-bond donors (Lipinski definition) is 1. The third-order valence-corrected chi connectivity index (χ3v) is 2.71. The van der Waals surface area contributed by atoms with Gasteiger partial charge in [0.15, 0.2) is 0 Å². The first-order chi connectivity index (χ1) is 7.27. The van der Waals surface area contributed by atoms with Crippen LogP contribution in [0.3, 0.4) is 0 Å². The number of ether oxygens (including phenoxy) is 2. The maximum Gasteiger partial charge on any atom is 0.109 e. The highest BCUT2D eigenvalue weighted by Crippen LogP contribution is 2.14. The quantitative estimate of drug-likeness (QED) is 0.813. The first-order valence-electron chi connectivity index (χ1n) is 5.19. The number of aliphatic hydroxyl groups excluding tert-OH is 1. The molecule has 1 aliphatic rings. The summed E-state index contributed by atoms with van der Waals surface area (Å²) in [6.07, 6.45) is -0.654. The van der Waals surface area contributed by atoms with Crippen LogP contribution in [0.1, 0.15) is 11.1 Å². The third-order valence-electron chi connectivity index (χ3n) is 2.71. The highest BCUT2D eigenvalue weighted by Gasteiger charge is 2.26. The molecular formula is C12H16O3. The van der Waals surface area contributed by atoms with E-state index in [9.17, 15) is 5.11 Å². The van der Waals surface area contributed by atoms with Gasteiger partial charge in [-0.15, -0.1) is 0 Å². The second-order valence-corrected chi connectivity index (χ2v) is 3.88. The van der Waals surface area contributed by atoms with Gasteiger partial charge in [0.25, 0.3) is 0 Å². The fraction of sp³-hybridized carbons (Fsp3) is 0.500. The summed E-state index contributed by atoms with van der Waals surface area (Å²) in [7, 11) is 0. The molecule has 0 saturated carbocycles. The first-order valence-corrected chi connectivity index (χ1v) is 5.19. The molecule has 1 saturated heterocycles. The summed E-state index contributed by atoms with van der Waals surface area (Å²) in [6.45, 7) is 3.48. The van der Waals surface area contributed by atoms with Gasteiger partial charge in [-0.1, -0.05) is 24.3 Å². The van der Waals surface area contributed by atoms with E-state index in [1.807, 2.05) is 18.2 Å². The molecule has 82 valence electrons. The van der Waals surface area contributed by atoms with Crippen molar-refractivity contribution in [3.05, 3.63) is 35.4 Å². The maximum absolute atomic E-state index is 9.49. The van der Waals surface area contributed by atoms with E-state index in [0.717, 1.165) is 5.56 Å². The highest BCUT2D eigenvalue weighted by molar-refractivity contribution is 5.24. The number of hydrogen-bond acceptors (Lipinski definition) is 3. The van der Waals surface area contributed by atoms with E-state index in [4.69, 9.17) is 9.47 Å². The van der Waals surface area contributed by atoms with Crippen molar-refractivity contribution >= 4 is 0 Å². The molecule has 0 radical (unpaired) electrons. The molecule has 0 aliphatic carbocycles. The van der Waals surface area contributed by atoms with Crippen molar-refractivity contribution in [1.29, 1.82) is 0 Å². The van der Waals surface area contributed by atoms with Crippen LogP contribution < -0.4 is 0 Å². The van der Waals surface area contributed by atoms with E-state index in [0.29, 0.717) is 19.8 Å². The van der Waals surface area contributed by atoms with Gasteiger partial charge < -0.3 is 14.6 Å². The average Bonchev–Trinajstić information content (AvgIpc) is 2.63. The van der Waals surface area contributed by atoms with Gasteiger partial charge in [-0.05, 0) is 18.1 Å². The zero-order valence-corrected chi connectivity index (χ0v) is 8.85. The van der Waals surface area contributed by atoms with Gasteiger partial charge in [0.05, 0.1) is 19.8 Å². The van der Waals surface area contributed by atoms with Gasteiger partial charge in [-0.3, -0.25) is 0 Å². The lowest BCUT2D eigenvalue weighted by atomic mass is 10.1. The minimum atomic E-state index is -0.478. The van der Waals surface area contributed by atoms with Crippen molar-refractivity contribution in [2.75, 3.05) is 13.2 Å². The molecule has 15 heavy (non-hydrogen) atoms. The molecule has 0 unspecified atom stereocenters. The minimum Gasteiger partial charge on any atom is -0.388 e. The lowest BCUT2D eigenvalue weighted by Crippen LogP contribution is -2.26. The molecule has 3 heteroatoms. The Hall–Kier alpha value is -0.900. The summed E-state index contributed by atoms with van der Waals surface area (Å²) >= 11 is 0. The van der Waals surface area contributed by atoms with Crippen molar-refractivity contribution in [2.45, 2.75) is 25.7 Å². The molecule has 3 nitrogen and oxygen atoms in total. The molecular weight excluding hydrogens is 192 g/mol. The second-order valence-electron chi connectivity index (χ2n) is 3.88. The Morgan fingerprint density at radius 3 is 2.87 bits per heavy atom. The van der Waals surface area contributed by atoms with E-state index in [1.54, 1.807) is 0 Å². The summed E-state index contributed by atoms with van der Waals surface area (Å²) in [5.41, 5.74) is 2.38. The molecule has 0 spiro atoms. The van der Waals surface area contributed by atoms with Crippen LogP contribution in [-0.2, 0) is 16.1 Å². The lowest BCUT2D eigenvalue weighted by molar-refractivity contribution is -0.0189. The van der Waals surface area contributed by atoms with Gasteiger partial charge in [0.2, 0.25) is 0 Å². The van der Waals surface area contributed by atoms with Crippen LogP contribution in [0, 0.1) is 6.92 Å². The average molecular weight is 208 g/mol. The smallest absolute Gasteiger partial charge is 0.109 e. The molecule has 1 aliphatic heterocycles. The van der Waals surface area contributed by atoms with E-state index in [2.05, 4.69) is 13.0 Å². The van der Waals surface area contributed by atoms with Crippen molar-refractivity contribution in [1.82, 2.24) is 0 Å². The molecule has 0 aromatic heterocycles. The molecule has 1 aromatic rings. The third kappa shape index (κ3) is 2.56. The SMILES string of the molecule is Cc1ccccc1CO[C@H]1COC[C@H]1O. The fourth-order valence-electron chi connectivity index (χ4n) is 1.65. The van der Waals surface area contributed by atoms with E-state index in [-0.39, 0.29) is 6.10 Å². The summed E-state index contributed by atoms with van der Waals surface area (Å²) in [4.78, 5) is 0. The molecule has 2 atom stereocenters. The van der Waals surface area contributed by atoms with E-state index >= 15 is 0 Å². The summed E-state index contributed by atoms with van der Waals surface area (Å²) in [5.74, 6) is 0. The standard InChI is InChI=1S/C12H16O3/c1-9-4-2-3-5-10(9)6-15-12-8-14-7-11(12)13/h2-5,11-13H,6-8H2,1H3/t11-,12+/m1/s1. The summed E-state index contributed by atoms with van der Waals surface area (Å²) in [5, 5.41) is 9.49. The van der Waals surface area contributed by atoms with E-state index in [1.165, 1.54) is 5.56 Å². The largest absolute Gasteiger partial charge is 0.388 e. The molecule has 1 aromatic carbocycles. The van der Waals surface area contributed by atoms with Crippen molar-refractivity contribution < 1.29 is 14.6 Å². The molecule has 1 heterocycles. The molecule has 2 rings (SSSR count). The molecule has 1 fully saturated rings. The molecule has 0 bridgehead atoms. The monoisotopic (exact) mass is 208 g/mol. The van der Waals surface area contributed by atoms with Crippen LogP contribution in [0.5, 0.6) is 0 Å². The fourth-order valence-corrected chi connectivity index (χ4v) is 1.65. The van der Waals surface area contributed by atoms with Gasteiger partial charge in [-0.2, -0.15) is 0 Å². The van der Waals surface area contributed by atoms with Gasteiger partial charge in [0.1, 0.15) is 12.2 Å². The number of rotatable bonds is 3. The predicted octanol–water partition coefficient (Wildman–Crippen LogP) is 1.27. The number of benzene rings is 1. The molecule has 0 amide bonds. The summed E-state index contributed by atoms with van der Waals surface area (Å²) in [6, 6.07) is 8.09. The zero-order chi connectivity index (χ0) is 10.7. The van der Waals surface area contributed by atoms with Gasteiger partial charge in [-0.25, -0.2) is 0 Å². The Balaban J connectivity index is 1.90. The number of aliphatic hydroxyl groups is 1. The van der Waals surface area contributed by atoms with Crippen LogP contribution >= 0.6 is 0 Å². The van der Waals surface area contributed by atoms with Gasteiger partial charge >= 0.3 is 0 Å². The summed E-state index contributed by atoms with van der Waals surface area (Å²) < 4.78 is 10.7. The van der Waals surface area contributed by atoms with Crippen molar-refractivity contribution in [2.24, 2.45) is 0 Å². The Bertz CT molecular complexity index is 324. The predicted molar refractivity (Wildman–Crippen MR) is 56.6 cm³/mol. The number of aryl methyl sites for hydroxylation is 1. The topological polar surface area (TPSA) is 38.7 Å². The van der Waals surface area contributed by atoms with Crippen LogP contribution in [-0.4, -0.2) is 30.5 Å².